The topological polar surface area (TPSA) is 53.8 Å². The maximum Gasteiger partial charge on any atom is 0.257 e. The van der Waals surface area contributed by atoms with Crippen molar-refractivity contribution in [3.8, 4) is 0 Å². The van der Waals surface area contributed by atoms with Crippen molar-refractivity contribution in [2.24, 2.45) is 0 Å². The Hall–Kier alpha value is -2.63. The van der Waals surface area contributed by atoms with Gasteiger partial charge in [-0.05, 0) is 36.6 Å². The number of hydrogen-bond acceptors (Lipinski definition) is 3. The lowest BCUT2D eigenvalue weighted by molar-refractivity contribution is -0.135. The third-order valence-corrected chi connectivity index (χ3v) is 5.18. The normalized spacial score (nSPS) is 18.9. The lowest BCUT2D eigenvalue weighted by Gasteiger charge is -2.36. The molecule has 0 atom stereocenters. The van der Waals surface area contributed by atoms with E-state index >= 15 is 0 Å². The first-order valence-electron chi connectivity index (χ1n) is 8.47. The summed E-state index contributed by atoms with van der Waals surface area (Å²) in [6.45, 7) is 2.06. The highest BCUT2D eigenvalue weighted by Crippen LogP contribution is 2.49. The molecule has 1 aliphatic carbocycles. The van der Waals surface area contributed by atoms with Crippen LogP contribution in [0.4, 0.5) is 4.39 Å². The van der Waals surface area contributed by atoms with E-state index in [1.54, 1.807) is 23.1 Å². The van der Waals surface area contributed by atoms with Crippen molar-refractivity contribution in [3.05, 3.63) is 59.8 Å². The third-order valence-electron chi connectivity index (χ3n) is 5.18. The molecule has 1 saturated heterocycles. The van der Waals surface area contributed by atoms with E-state index in [-0.39, 0.29) is 17.6 Å². The molecule has 2 aromatic rings. The highest BCUT2D eigenvalue weighted by atomic mass is 19.1. The summed E-state index contributed by atoms with van der Waals surface area (Å²) in [7, 11) is 0. The second-order valence-electron chi connectivity index (χ2n) is 6.69. The summed E-state index contributed by atoms with van der Waals surface area (Å²) < 4.78 is 18.1. The molecule has 2 amide bonds. The van der Waals surface area contributed by atoms with Gasteiger partial charge in [0.1, 0.15) is 12.1 Å². The van der Waals surface area contributed by atoms with Crippen molar-refractivity contribution in [1.29, 1.82) is 0 Å². The van der Waals surface area contributed by atoms with Crippen LogP contribution in [0.1, 0.15) is 28.8 Å². The first kappa shape index (κ1) is 15.9. The van der Waals surface area contributed by atoms with E-state index < -0.39 is 5.41 Å². The molecule has 130 valence electrons. The zero-order chi connectivity index (χ0) is 17.4. The number of carbonyl (C=O) groups excluding carboxylic acids is 2. The third kappa shape index (κ3) is 2.81. The molecule has 0 radical (unpaired) electrons. The molecule has 0 bridgehead atoms. The predicted molar refractivity (Wildman–Crippen MR) is 88.5 cm³/mol. The zero-order valence-corrected chi connectivity index (χ0v) is 13.8. The van der Waals surface area contributed by atoms with Crippen molar-refractivity contribution in [1.82, 2.24) is 9.80 Å². The molecule has 25 heavy (non-hydrogen) atoms. The molecule has 0 N–H and O–H groups in total. The lowest BCUT2D eigenvalue weighted by atomic mass is 9.94. The Morgan fingerprint density at radius 3 is 2.16 bits per heavy atom. The van der Waals surface area contributed by atoms with E-state index in [2.05, 4.69) is 0 Å². The van der Waals surface area contributed by atoms with Crippen molar-refractivity contribution in [2.75, 3.05) is 26.2 Å². The molecule has 2 fully saturated rings. The maximum atomic E-state index is 13.1. The average Bonchev–Trinajstić information content (AvgIpc) is 3.27. The van der Waals surface area contributed by atoms with Gasteiger partial charge in [-0.25, -0.2) is 4.39 Å². The van der Waals surface area contributed by atoms with Gasteiger partial charge in [0.05, 0.1) is 17.2 Å². The van der Waals surface area contributed by atoms with Gasteiger partial charge in [0, 0.05) is 26.2 Å². The monoisotopic (exact) mass is 342 g/mol. The van der Waals surface area contributed by atoms with Crippen LogP contribution in [0, 0.1) is 5.82 Å². The summed E-state index contributed by atoms with van der Waals surface area (Å²) >= 11 is 0. The number of rotatable bonds is 3. The van der Waals surface area contributed by atoms with E-state index in [1.807, 2.05) is 4.90 Å². The van der Waals surface area contributed by atoms with Crippen LogP contribution in [0.15, 0.2) is 47.3 Å². The Morgan fingerprint density at radius 2 is 1.60 bits per heavy atom. The summed E-state index contributed by atoms with van der Waals surface area (Å²) in [4.78, 5) is 28.9. The molecule has 2 aliphatic rings. The number of furan rings is 1. The van der Waals surface area contributed by atoms with Crippen LogP contribution in [0.2, 0.25) is 0 Å². The number of nitrogens with zero attached hydrogens (tertiary/aromatic N) is 2. The van der Waals surface area contributed by atoms with E-state index in [4.69, 9.17) is 4.42 Å². The van der Waals surface area contributed by atoms with Crippen LogP contribution in [-0.4, -0.2) is 47.8 Å². The van der Waals surface area contributed by atoms with Gasteiger partial charge in [-0.1, -0.05) is 12.1 Å². The highest BCUT2D eigenvalue weighted by molar-refractivity contribution is 5.94. The van der Waals surface area contributed by atoms with Crippen LogP contribution in [0.5, 0.6) is 0 Å². The quantitative estimate of drug-likeness (QED) is 0.861. The summed E-state index contributed by atoms with van der Waals surface area (Å²) in [5.74, 6) is -0.270. The fourth-order valence-corrected chi connectivity index (χ4v) is 3.50. The number of carbonyl (C=O) groups is 2. The fourth-order valence-electron chi connectivity index (χ4n) is 3.50. The van der Waals surface area contributed by atoms with E-state index in [1.165, 1.54) is 24.7 Å². The van der Waals surface area contributed by atoms with Crippen molar-refractivity contribution >= 4 is 11.8 Å². The minimum absolute atomic E-state index is 0.0690. The first-order chi connectivity index (χ1) is 12.1. The Bertz CT molecular complexity index is 774. The fraction of sp³-hybridized carbons (Fsp3) is 0.368. The number of halogens is 1. The SMILES string of the molecule is O=C(c1ccoc1)N1CCN(C(=O)C2(c3ccc(F)cc3)CC2)CC1. The van der Waals surface area contributed by atoms with Crippen LogP contribution in [0.25, 0.3) is 0 Å². The maximum absolute atomic E-state index is 13.1. The number of amides is 2. The molecule has 0 unspecified atom stereocenters. The molecule has 2 heterocycles. The average molecular weight is 342 g/mol. The Balaban J connectivity index is 1.41. The van der Waals surface area contributed by atoms with E-state index in [0.717, 1.165) is 18.4 Å². The standard InChI is InChI=1S/C19H19FN2O3/c20-16-3-1-15(2-4-16)19(6-7-19)18(24)22-10-8-21(9-11-22)17(23)14-5-12-25-13-14/h1-5,12-13H,6-11H2. The van der Waals surface area contributed by atoms with Crippen molar-refractivity contribution in [2.45, 2.75) is 18.3 Å². The van der Waals surface area contributed by atoms with Gasteiger partial charge in [0.25, 0.3) is 5.91 Å². The van der Waals surface area contributed by atoms with Gasteiger partial charge in [0.2, 0.25) is 5.91 Å². The molecule has 6 heteroatoms. The Kier molecular flexibility index (Phi) is 3.82. The minimum atomic E-state index is -0.496. The second-order valence-corrected chi connectivity index (χ2v) is 6.69. The van der Waals surface area contributed by atoms with Gasteiger partial charge >= 0.3 is 0 Å². The second kappa shape index (κ2) is 6.02. The lowest BCUT2D eigenvalue weighted by Crippen LogP contribution is -2.52. The smallest absolute Gasteiger partial charge is 0.257 e. The minimum Gasteiger partial charge on any atom is -0.472 e. The summed E-state index contributed by atoms with van der Waals surface area (Å²) in [6, 6.07) is 7.87. The first-order valence-corrected chi connectivity index (χ1v) is 8.47. The number of benzene rings is 1. The summed E-state index contributed by atoms with van der Waals surface area (Å²) in [5, 5.41) is 0. The molecule has 1 aromatic carbocycles. The van der Waals surface area contributed by atoms with Crippen LogP contribution in [0.3, 0.4) is 0 Å². The Labute approximate surface area is 145 Å². The Morgan fingerprint density at radius 1 is 0.960 bits per heavy atom. The van der Waals surface area contributed by atoms with Gasteiger partial charge in [-0.2, -0.15) is 0 Å². The highest BCUT2D eigenvalue weighted by Gasteiger charge is 2.53. The summed E-state index contributed by atoms with van der Waals surface area (Å²) in [6.07, 6.45) is 4.51. The van der Waals surface area contributed by atoms with Crippen molar-refractivity contribution in [3.63, 3.8) is 0 Å². The molecular formula is C19H19FN2O3. The molecule has 1 aromatic heterocycles. The van der Waals surface area contributed by atoms with E-state index in [9.17, 15) is 14.0 Å². The molecular weight excluding hydrogens is 323 g/mol. The van der Waals surface area contributed by atoms with Crippen LogP contribution >= 0.6 is 0 Å². The number of hydrogen-bond donors (Lipinski definition) is 0. The molecule has 1 aliphatic heterocycles. The van der Waals surface area contributed by atoms with Crippen LogP contribution < -0.4 is 0 Å². The number of piperazine rings is 1. The van der Waals surface area contributed by atoms with Crippen LogP contribution in [-0.2, 0) is 10.2 Å². The van der Waals surface area contributed by atoms with Gasteiger partial charge < -0.3 is 14.2 Å². The summed E-state index contributed by atoms with van der Waals surface area (Å²) in [5.41, 5.74) is 0.922. The van der Waals surface area contributed by atoms with Gasteiger partial charge in [-0.15, -0.1) is 0 Å². The molecule has 0 spiro atoms. The van der Waals surface area contributed by atoms with Gasteiger partial charge in [0.15, 0.2) is 0 Å². The predicted octanol–water partition coefficient (Wildman–Crippen LogP) is 2.43. The zero-order valence-electron chi connectivity index (χ0n) is 13.8. The van der Waals surface area contributed by atoms with Gasteiger partial charge in [-0.3, -0.25) is 9.59 Å². The van der Waals surface area contributed by atoms with Crippen molar-refractivity contribution < 1.29 is 18.4 Å². The van der Waals surface area contributed by atoms with E-state index in [0.29, 0.717) is 31.7 Å². The largest absolute Gasteiger partial charge is 0.472 e. The molecule has 4 rings (SSSR count). The molecule has 1 saturated carbocycles. The molecule has 5 nitrogen and oxygen atoms in total.